The van der Waals surface area contributed by atoms with Gasteiger partial charge in [0.2, 0.25) is 0 Å². The maximum absolute atomic E-state index is 12.0. The highest BCUT2D eigenvalue weighted by Gasteiger charge is 2.14. The van der Waals surface area contributed by atoms with Crippen LogP contribution in [-0.2, 0) is 19.1 Å². The number of ether oxygens (including phenoxy) is 2. The molecular weight excluding hydrogens is 360 g/mol. The fourth-order valence-corrected chi connectivity index (χ4v) is 2.18. The predicted molar refractivity (Wildman–Crippen MR) is 102 cm³/mol. The number of nitrogens with zero attached hydrogens (tertiary/aromatic N) is 1. The van der Waals surface area contributed by atoms with E-state index in [0.717, 1.165) is 0 Å². The summed E-state index contributed by atoms with van der Waals surface area (Å²) in [5.41, 5.74) is 1.71. The summed E-state index contributed by atoms with van der Waals surface area (Å²) in [7, 11) is 0. The van der Waals surface area contributed by atoms with Crippen LogP contribution >= 0.6 is 0 Å². The molecule has 0 heterocycles. The molecule has 0 bridgehead atoms. The average Bonchev–Trinajstić information content (AvgIpc) is 2.71. The Balaban J connectivity index is 1.88. The highest BCUT2D eigenvalue weighted by atomic mass is 16.5. The number of hydrogen-bond donors (Lipinski definition) is 1. The number of carbonyl (C=O) groups excluding carboxylic acids is 3. The fourth-order valence-electron chi connectivity index (χ4n) is 2.18. The van der Waals surface area contributed by atoms with E-state index < -0.39 is 24.5 Å². The molecule has 2 aromatic rings. The van der Waals surface area contributed by atoms with Crippen LogP contribution in [0.15, 0.2) is 54.6 Å². The molecule has 0 saturated heterocycles. The zero-order valence-electron chi connectivity index (χ0n) is 15.2. The molecule has 1 amide bonds. The third kappa shape index (κ3) is 6.11. The van der Waals surface area contributed by atoms with Crippen LogP contribution in [0.4, 0.5) is 5.69 Å². The van der Waals surface area contributed by atoms with Crippen molar-refractivity contribution in [2.75, 3.05) is 18.5 Å². The number of para-hydroxylation sites is 1. The van der Waals surface area contributed by atoms with Gasteiger partial charge >= 0.3 is 11.9 Å². The van der Waals surface area contributed by atoms with Gasteiger partial charge < -0.3 is 14.8 Å². The number of carbonyl (C=O) groups is 3. The lowest BCUT2D eigenvalue weighted by Gasteiger charge is -2.10. The minimum absolute atomic E-state index is 0.213. The molecular formula is C21H18N2O5. The number of benzene rings is 2. The number of nitrogens with one attached hydrogen (secondary N) is 1. The monoisotopic (exact) mass is 378 g/mol. The van der Waals surface area contributed by atoms with Crippen molar-refractivity contribution in [2.24, 2.45) is 0 Å². The average molecular weight is 378 g/mol. The number of amides is 1. The van der Waals surface area contributed by atoms with Crippen molar-refractivity contribution >= 4 is 29.6 Å². The van der Waals surface area contributed by atoms with Crippen LogP contribution < -0.4 is 5.32 Å². The van der Waals surface area contributed by atoms with Crippen molar-refractivity contribution in [1.82, 2.24) is 0 Å². The van der Waals surface area contributed by atoms with Gasteiger partial charge in [-0.25, -0.2) is 9.59 Å². The fraction of sp³-hybridized carbons (Fsp3) is 0.143. The van der Waals surface area contributed by atoms with E-state index in [2.05, 4.69) is 5.32 Å². The van der Waals surface area contributed by atoms with E-state index in [9.17, 15) is 14.4 Å². The van der Waals surface area contributed by atoms with Gasteiger partial charge in [-0.3, -0.25) is 4.79 Å². The van der Waals surface area contributed by atoms with Gasteiger partial charge in [0.05, 0.1) is 29.5 Å². The molecule has 0 aliphatic heterocycles. The highest BCUT2D eigenvalue weighted by molar-refractivity contribution is 6.02. The lowest BCUT2D eigenvalue weighted by atomic mass is 10.1. The van der Waals surface area contributed by atoms with Crippen LogP contribution in [0, 0.1) is 11.3 Å². The van der Waals surface area contributed by atoms with E-state index in [-0.39, 0.29) is 17.9 Å². The molecule has 28 heavy (non-hydrogen) atoms. The van der Waals surface area contributed by atoms with Gasteiger partial charge in [0.25, 0.3) is 5.91 Å². The summed E-state index contributed by atoms with van der Waals surface area (Å²) in [5.74, 6) is -1.84. The smallest absolute Gasteiger partial charge is 0.340 e. The number of nitriles is 1. The molecule has 0 spiro atoms. The Labute approximate surface area is 162 Å². The summed E-state index contributed by atoms with van der Waals surface area (Å²) in [6.45, 7) is 1.39. The zero-order chi connectivity index (χ0) is 20.4. The summed E-state index contributed by atoms with van der Waals surface area (Å²) in [6.07, 6.45) is 2.69. The summed E-state index contributed by atoms with van der Waals surface area (Å²) in [6, 6.07) is 15.0. The summed E-state index contributed by atoms with van der Waals surface area (Å²) < 4.78 is 9.82. The quantitative estimate of drug-likeness (QED) is 0.587. The Morgan fingerprint density at radius 2 is 1.79 bits per heavy atom. The lowest BCUT2D eigenvalue weighted by molar-refractivity contribution is -0.142. The van der Waals surface area contributed by atoms with Gasteiger partial charge in [-0.2, -0.15) is 5.26 Å². The topological polar surface area (TPSA) is 105 Å². The summed E-state index contributed by atoms with van der Waals surface area (Å²) >= 11 is 0. The minimum Gasteiger partial charge on any atom is -0.462 e. The number of esters is 2. The molecule has 0 unspecified atom stereocenters. The van der Waals surface area contributed by atoms with Crippen molar-refractivity contribution in [2.45, 2.75) is 6.92 Å². The molecule has 7 nitrogen and oxygen atoms in total. The van der Waals surface area contributed by atoms with Gasteiger partial charge in [-0.1, -0.05) is 24.3 Å². The van der Waals surface area contributed by atoms with Crippen LogP contribution in [0.1, 0.15) is 28.4 Å². The molecule has 0 aliphatic carbocycles. The minimum atomic E-state index is -0.696. The van der Waals surface area contributed by atoms with Crippen molar-refractivity contribution in [3.63, 3.8) is 0 Å². The van der Waals surface area contributed by atoms with Crippen LogP contribution in [0.2, 0.25) is 0 Å². The molecule has 0 aromatic heterocycles. The molecule has 0 aliphatic rings. The maximum atomic E-state index is 12.0. The molecule has 2 rings (SSSR count). The van der Waals surface area contributed by atoms with Crippen LogP contribution in [-0.4, -0.2) is 31.1 Å². The van der Waals surface area contributed by atoms with E-state index in [1.54, 1.807) is 49.4 Å². The van der Waals surface area contributed by atoms with E-state index in [1.165, 1.54) is 18.2 Å². The molecule has 142 valence electrons. The van der Waals surface area contributed by atoms with Crippen molar-refractivity contribution in [3.8, 4) is 6.07 Å². The third-order valence-electron chi connectivity index (χ3n) is 3.49. The number of anilines is 1. The first-order valence-electron chi connectivity index (χ1n) is 8.44. The Kier molecular flexibility index (Phi) is 7.49. The van der Waals surface area contributed by atoms with Crippen molar-refractivity contribution in [3.05, 3.63) is 71.3 Å². The second kappa shape index (κ2) is 10.3. The Morgan fingerprint density at radius 3 is 2.46 bits per heavy atom. The Hall–Kier alpha value is -3.92. The standard InChI is InChI=1S/C21H18N2O5/c1-2-27-21(26)17-5-3-4-6-18(17)23-19(24)14-28-20(25)12-11-15-7-9-16(13-22)10-8-15/h3-12H,2,14H2,1H3,(H,23,24)/b12-11+. The van der Waals surface area contributed by atoms with Gasteiger partial charge in [-0.15, -0.1) is 0 Å². The Morgan fingerprint density at radius 1 is 1.07 bits per heavy atom. The van der Waals surface area contributed by atoms with Crippen LogP contribution in [0.25, 0.3) is 6.08 Å². The molecule has 0 saturated carbocycles. The van der Waals surface area contributed by atoms with E-state index >= 15 is 0 Å². The van der Waals surface area contributed by atoms with E-state index in [4.69, 9.17) is 14.7 Å². The first-order valence-corrected chi connectivity index (χ1v) is 8.44. The zero-order valence-corrected chi connectivity index (χ0v) is 15.2. The molecule has 7 heteroatoms. The number of hydrogen-bond acceptors (Lipinski definition) is 6. The van der Waals surface area contributed by atoms with E-state index in [1.807, 2.05) is 6.07 Å². The Bertz CT molecular complexity index is 927. The molecule has 2 aromatic carbocycles. The lowest BCUT2D eigenvalue weighted by Crippen LogP contribution is -2.21. The predicted octanol–water partition coefficient (Wildman–Crippen LogP) is 2.93. The van der Waals surface area contributed by atoms with Crippen LogP contribution in [0.5, 0.6) is 0 Å². The summed E-state index contributed by atoms with van der Waals surface area (Å²) in [5, 5.41) is 11.3. The van der Waals surface area contributed by atoms with Crippen molar-refractivity contribution < 1.29 is 23.9 Å². The second-order valence-corrected chi connectivity index (χ2v) is 5.49. The molecule has 1 N–H and O–H groups in total. The van der Waals surface area contributed by atoms with Crippen LogP contribution in [0.3, 0.4) is 0 Å². The molecule has 0 atom stereocenters. The third-order valence-corrected chi connectivity index (χ3v) is 3.49. The first kappa shape index (κ1) is 20.4. The van der Waals surface area contributed by atoms with Gasteiger partial charge in [0.1, 0.15) is 0 Å². The normalized spacial score (nSPS) is 10.1. The van der Waals surface area contributed by atoms with Gasteiger partial charge in [0.15, 0.2) is 6.61 Å². The van der Waals surface area contributed by atoms with Gasteiger partial charge in [-0.05, 0) is 42.8 Å². The largest absolute Gasteiger partial charge is 0.462 e. The highest BCUT2D eigenvalue weighted by Crippen LogP contribution is 2.16. The maximum Gasteiger partial charge on any atom is 0.340 e. The second-order valence-electron chi connectivity index (χ2n) is 5.49. The first-order chi connectivity index (χ1) is 13.5. The SMILES string of the molecule is CCOC(=O)c1ccccc1NC(=O)COC(=O)/C=C/c1ccc(C#N)cc1. The number of rotatable bonds is 7. The van der Waals surface area contributed by atoms with Crippen molar-refractivity contribution in [1.29, 1.82) is 5.26 Å². The summed E-state index contributed by atoms with van der Waals surface area (Å²) in [4.78, 5) is 35.6. The van der Waals surface area contributed by atoms with Gasteiger partial charge in [0, 0.05) is 6.08 Å². The molecule has 0 fully saturated rings. The molecule has 0 radical (unpaired) electrons. The van der Waals surface area contributed by atoms with E-state index in [0.29, 0.717) is 11.1 Å².